The summed E-state index contributed by atoms with van der Waals surface area (Å²) in [7, 11) is 3.44. The van der Waals surface area contributed by atoms with Crippen molar-refractivity contribution in [2.24, 2.45) is 0 Å². The number of benzene rings is 2. The topological polar surface area (TPSA) is 18.5 Å². The zero-order valence-electron chi connectivity index (χ0n) is 13.5. The Morgan fingerprint density at radius 1 is 1.14 bits per heavy atom. The summed E-state index contributed by atoms with van der Waals surface area (Å²) >= 11 is 0. The lowest BCUT2D eigenvalue weighted by molar-refractivity contribution is 0.381. The maximum atomic E-state index is 5.72. The third-order valence-electron chi connectivity index (χ3n) is 4.68. The van der Waals surface area contributed by atoms with Crippen LogP contribution in [0, 0.1) is 6.92 Å². The molecule has 114 valence electrons. The first-order valence-electron chi connectivity index (χ1n) is 7.67. The molecule has 2 heteroatoms. The predicted molar refractivity (Wildman–Crippen MR) is 91.0 cm³/mol. The van der Waals surface area contributed by atoms with E-state index in [9.17, 15) is 0 Å². The molecule has 0 bridgehead atoms. The Balaban J connectivity index is 2.22. The molecule has 0 fully saturated rings. The molecule has 3 rings (SSSR count). The van der Waals surface area contributed by atoms with E-state index in [0.717, 1.165) is 35.5 Å². The van der Waals surface area contributed by atoms with Gasteiger partial charge in [-0.1, -0.05) is 30.9 Å². The SMILES string of the molecule is C=Cc1ccc(OC)c(C2CCc3c(C)cccc32)c1OC. The quantitative estimate of drug-likeness (QED) is 0.811. The summed E-state index contributed by atoms with van der Waals surface area (Å²) in [5.74, 6) is 2.09. The lowest BCUT2D eigenvalue weighted by atomic mass is 9.89. The van der Waals surface area contributed by atoms with Crippen molar-refractivity contribution in [1.82, 2.24) is 0 Å². The number of rotatable bonds is 4. The van der Waals surface area contributed by atoms with Crippen molar-refractivity contribution in [2.45, 2.75) is 25.7 Å². The second-order valence-electron chi connectivity index (χ2n) is 5.74. The molecule has 0 radical (unpaired) electrons. The molecule has 0 spiro atoms. The molecular weight excluding hydrogens is 272 g/mol. The molecule has 1 aliphatic carbocycles. The van der Waals surface area contributed by atoms with Crippen molar-refractivity contribution in [1.29, 1.82) is 0 Å². The van der Waals surface area contributed by atoms with Crippen molar-refractivity contribution in [3.05, 3.63) is 64.7 Å². The Morgan fingerprint density at radius 2 is 1.95 bits per heavy atom. The predicted octanol–water partition coefficient (Wildman–Crippen LogP) is 4.73. The smallest absolute Gasteiger partial charge is 0.133 e. The summed E-state index contributed by atoms with van der Waals surface area (Å²) in [5, 5.41) is 0. The Kier molecular flexibility index (Phi) is 3.93. The van der Waals surface area contributed by atoms with Gasteiger partial charge in [-0.25, -0.2) is 0 Å². The van der Waals surface area contributed by atoms with Crippen LogP contribution in [0.5, 0.6) is 11.5 Å². The van der Waals surface area contributed by atoms with Gasteiger partial charge in [0.25, 0.3) is 0 Å². The Labute approximate surface area is 132 Å². The zero-order chi connectivity index (χ0) is 15.7. The molecule has 22 heavy (non-hydrogen) atoms. The lowest BCUT2D eigenvalue weighted by Gasteiger charge is -2.21. The molecule has 2 aromatic carbocycles. The van der Waals surface area contributed by atoms with Gasteiger partial charge in [-0.05, 0) is 48.6 Å². The highest BCUT2D eigenvalue weighted by atomic mass is 16.5. The van der Waals surface area contributed by atoms with Gasteiger partial charge in [0.2, 0.25) is 0 Å². The van der Waals surface area contributed by atoms with Crippen LogP contribution in [0.3, 0.4) is 0 Å². The fourth-order valence-corrected chi connectivity index (χ4v) is 3.63. The molecule has 0 saturated heterocycles. The largest absolute Gasteiger partial charge is 0.496 e. The van der Waals surface area contributed by atoms with Crippen molar-refractivity contribution >= 4 is 6.08 Å². The van der Waals surface area contributed by atoms with Crippen molar-refractivity contribution in [2.75, 3.05) is 14.2 Å². The van der Waals surface area contributed by atoms with Gasteiger partial charge < -0.3 is 9.47 Å². The van der Waals surface area contributed by atoms with Crippen molar-refractivity contribution < 1.29 is 9.47 Å². The molecular formula is C20H22O2. The standard InChI is InChI=1S/C20H22O2/c1-5-14-9-12-18(21-3)19(20(14)22-4)17-11-10-15-13(2)7-6-8-16(15)17/h5-9,12,17H,1,10-11H2,2-4H3. The minimum Gasteiger partial charge on any atom is -0.496 e. The van der Waals surface area contributed by atoms with Crippen LogP contribution in [0.2, 0.25) is 0 Å². The van der Waals surface area contributed by atoms with E-state index in [2.05, 4.69) is 31.7 Å². The Morgan fingerprint density at radius 3 is 2.64 bits per heavy atom. The highest BCUT2D eigenvalue weighted by Gasteiger charge is 2.30. The zero-order valence-corrected chi connectivity index (χ0v) is 13.5. The molecule has 0 heterocycles. The summed E-state index contributed by atoms with van der Waals surface area (Å²) in [4.78, 5) is 0. The van der Waals surface area contributed by atoms with Gasteiger partial charge in [-0.2, -0.15) is 0 Å². The van der Waals surface area contributed by atoms with Crippen LogP contribution >= 0.6 is 0 Å². The van der Waals surface area contributed by atoms with Gasteiger partial charge in [-0.3, -0.25) is 0 Å². The van der Waals surface area contributed by atoms with E-state index in [-0.39, 0.29) is 0 Å². The van der Waals surface area contributed by atoms with Crippen molar-refractivity contribution in [3.8, 4) is 11.5 Å². The van der Waals surface area contributed by atoms with Gasteiger partial charge >= 0.3 is 0 Å². The second kappa shape index (κ2) is 5.88. The monoisotopic (exact) mass is 294 g/mol. The number of fused-ring (bicyclic) bond motifs is 1. The summed E-state index contributed by atoms with van der Waals surface area (Å²) in [6, 6.07) is 10.6. The van der Waals surface area contributed by atoms with Crippen LogP contribution in [0.4, 0.5) is 0 Å². The normalized spacial score (nSPS) is 16.2. The third-order valence-corrected chi connectivity index (χ3v) is 4.68. The molecule has 0 N–H and O–H groups in total. The molecule has 0 aromatic heterocycles. The molecule has 1 aliphatic rings. The van der Waals surface area contributed by atoms with Gasteiger partial charge in [-0.15, -0.1) is 0 Å². The fourth-order valence-electron chi connectivity index (χ4n) is 3.63. The van der Waals surface area contributed by atoms with E-state index >= 15 is 0 Å². The molecule has 0 amide bonds. The third kappa shape index (κ3) is 2.19. The highest BCUT2D eigenvalue weighted by Crippen LogP contribution is 2.47. The van der Waals surface area contributed by atoms with Gasteiger partial charge in [0.15, 0.2) is 0 Å². The first-order chi connectivity index (χ1) is 10.7. The fraction of sp³-hybridized carbons (Fsp3) is 0.300. The van der Waals surface area contributed by atoms with Crippen LogP contribution in [0.1, 0.15) is 40.2 Å². The average molecular weight is 294 g/mol. The van der Waals surface area contributed by atoms with E-state index in [1.807, 2.05) is 18.2 Å². The minimum atomic E-state index is 0.319. The van der Waals surface area contributed by atoms with Gasteiger partial charge in [0, 0.05) is 17.0 Å². The summed E-state index contributed by atoms with van der Waals surface area (Å²) in [5.41, 5.74) is 6.40. The molecule has 2 nitrogen and oxygen atoms in total. The number of hydrogen-bond donors (Lipinski definition) is 0. The maximum absolute atomic E-state index is 5.72. The van der Waals surface area contributed by atoms with Crippen LogP contribution in [-0.2, 0) is 6.42 Å². The Bertz CT molecular complexity index is 716. The van der Waals surface area contributed by atoms with E-state index in [0.29, 0.717) is 5.92 Å². The van der Waals surface area contributed by atoms with Crippen LogP contribution < -0.4 is 9.47 Å². The number of ether oxygens (including phenoxy) is 2. The van der Waals surface area contributed by atoms with Crippen molar-refractivity contribution in [3.63, 3.8) is 0 Å². The maximum Gasteiger partial charge on any atom is 0.133 e. The molecule has 1 atom stereocenters. The van der Waals surface area contributed by atoms with E-state index in [4.69, 9.17) is 9.47 Å². The van der Waals surface area contributed by atoms with Crippen LogP contribution in [0.15, 0.2) is 36.9 Å². The Hall–Kier alpha value is -2.22. The molecule has 2 aromatic rings. The van der Waals surface area contributed by atoms with Gasteiger partial charge in [0.1, 0.15) is 11.5 Å². The summed E-state index contributed by atoms with van der Waals surface area (Å²) in [6.07, 6.45) is 4.04. The van der Waals surface area contributed by atoms with Crippen LogP contribution in [0.25, 0.3) is 6.08 Å². The first kappa shape index (κ1) is 14.7. The lowest BCUT2D eigenvalue weighted by Crippen LogP contribution is -2.04. The van der Waals surface area contributed by atoms with Crippen LogP contribution in [-0.4, -0.2) is 14.2 Å². The molecule has 0 saturated carbocycles. The number of hydrogen-bond acceptors (Lipinski definition) is 2. The van der Waals surface area contributed by atoms with E-state index in [1.54, 1.807) is 14.2 Å². The van der Waals surface area contributed by atoms with Gasteiger partial charge in [0.05, 0.1) is 14.2 Å². The number of aryl methyl sites for hydroxylation is 1. The second-order valence-corrected chi connectivity index (χ2v) is 5.74. The highest BCUT2D eigenvalue weighted by molar-refractivity contribution is 5.65. The first-order valence-corrected chi connectivity index (χ1v) is 7.67. The van der Waals surface area contributed by atoms with E-state index in [1.165, 1.54) is 16.7 Å². The molecule has 0 aliphatic heterocycles. The molecule has 1 unspecified atom stereocenters. The minimum absolute atomic E-state index is 0.319. The average Bonchev–Trinajstić information content (AvgIpc) is 2.98. The summed E-state index contributed by atoms with van der Waals surface area (Å²) < 4.78 is 11.3. The number of methoxy groups -OCH3 is 2. The summed E-state index contributed by atoms with van der Waals surface area (Å²) in [6.45, 7) is 6.09. The van der Waals surface area contributed by atoms with E-state index < -0.39 is 0 Å².